The summed E-state index contributed by atoms with van der Waals surface area (Å²) in [5.41, 5.74) is 0.921. The van der Waals surface area contributed by atoms with Gasteiger partial charge in [0, 0.05) is 11.8 Å². The van der Waals surface area contributed by atoms with Crippen molar-refractivity contribution in [3.05, 3.63) is 42.3 Å². The molecule has 1 heterocycles. The van der Waals surface area contributed by atoms with Gasteiger partial charge in [0.05, 0.1) is 7.11 Å². The fourth-order valence-corrected chi connectivity index (χ4v) is 1.20. The lowest BCUT2D eigenvalue weighted by atomic mass is 10.3. The van der Waals surface area contributed by atoms with Gasteiger partial charge in [0.25, 0.3) is 5.91 Å². The monoisotopic (exact) mass is 218 g/mol. The molecule has 0 bridgehead atoms. The number of amides is 1. The van der Waals surface area contributed by atoms with E-state index in [1.54, 1.807) is 31.4 Å². The summed E-state index contributed by atoms with van der Waals surface area (Å²) in [5.74, 6) is 0.429. The molecule has 1 aromatic heterocycles. The van der Waals surface area contributed by atoms with Crippen molar-refractivity contribution in [2.45, 2.75) is 0 Å². The number of benzene rings is 1. The molecule has 2 rings (SSSR count). The Labute approximate surface area is 92.0 Å². The van der Waals surface area contributed by atoms with Gasteiger partial charge in [-0.2, -0.15) is 0 Å². The minimum absolute atomic E-state index is 0.246. The van der Waals surface area contributed by atoms with E-state index in [0.717, 1.165) is 5.75 Å². The van der Waals surface area contributed by atoms with Gasteiger partial charge >= 0.3 is 0 Å². The van der Waals surface area contributed by atoms with Gasteiger partial charge in [-0.3, -0.25) is 4.79 Å². The molecule has 0 saturated heterocycles. The molecule has 0 spiro atoms. The van der Waals surface area contributed by atoms with Crippen molar-refractivity contribution in [2.24, 2.45) is 0 Å². The van der Waals surface area contributed by atoms with Crippen LogP contribution in [0.5, 0.6) is 5.75 Å². The van der Waals surface area contributed by atoms with Crippen molar-refractivity contribution in [3.63, 3.8) is 0 Å². The molecule has 0 atom stereocenters. The molecular weight excluding hydrogens is 208 g/mol. The summed E-state index contributed by atoms with van der Waals surface area (Å²) in [6.45, 7) is 0. The molecule has 1 aromatic carbocycles. The van der Waals surface area contributed by atoms with Crippen LogP contribution >= 0.6 is 0 Å². The van der Waals surface area contributed by atoms with Crippen molar-refractivity contribution in [2.75, 3.05) is 12.4 Å². The Morgan fingerprint density at radius 2 is 2.06 bits per heavy atom. The van der Waals surface area contributed by atoms with Gasteiger partial charge in [0.2, 0.25) is 0 Å². The van der Waals surface area contributed by atoms with E-state index in [0.29, 0.717) is 5.69 Å². The maximum atomic E-state index is 11.6. The third-order valence-corrected chi connectivity index (χ3v) is 2.02. The Hall–Kier alpha value is -2.30. The number of carbonyl (C=O) groups excluding carboxylic acids is 1. The Bertz CT molecular complexity index is 462. The van der Waals surface area contributed by atoms with Crippen molar-refractivity contribution in [3.8, 4) is 5.75 Å². The van der Waals surface area contributed by atoms with Gasteiger partial charge < -0.3 is 14.6 Å². The molecule has 5 nitrogen and oxygen atoms in total. The fraction of sp³-hybridized carbons (Fsp3) is 0.0909. The number of carbonyl (C=O) groups is 1. The molecule has 1 amide bonds. The highest BCUT2D eigenvalue weighted by atomic mass is 16.5. The number of ether oxygens (including phenoxy) is 1. The smallest absolute Gasteiger partial charge is 0.277 e. The maximum absolute atomic E-state index is 11.6. The SMILES string of the molecule is COc1ccc(NC(=O)c2ccon2)cc1. The number of hydrogen-bond acceptors (Lipinski definition) is 4. The summed E-state index contributed by atoms with van der Waals surface area (Å²) in [7, 11) is 1.59. The molecule has 82 valence electrons. The van der Waals surface area contributed by atoms with Crippen LogP contribution in [-0.4, -0.2) is 18.2 Å². The quantitative estimate of drug-likeness (QED) is 0.854. The van der Waals surface area contributed by atoms with Gasteiger partial charge in [-0.15, -0.1) is 0 Å². The second-order valence-corrected chi connectivity index (χ2v) is 3.07. The number of methoxy groups -OCH3 is 1. The predicted octanol–water partition coefficient (Wildman–Crippen LogP) is 1.94. The number of nitrogens with zero attached hydrogens (tertiary/aromatic N) is 1. The lowest BCUT2D eigenvalue weighted by molar-refractivity contribution is 0.101. The van der Waals surface area contributed by atoms with E-state index < -0.39 is 0 Å². The molecule has 0 aliphatic rings. The molecule has 0 aliphatic heterocycles. The van der Waals surface area contributed by atoms with Crippen LogP contribution in [0.2, 0.25) is 0 Å². The molecule has 0 aliphatic carbocycles. The molecule has 2 aromatic rings. The van der Waals surface area contributed by atoms with Crippen molar-refractivity contribution in [1.82, 2.24) is 5.16 Å². The minimum atomic E-state index is -0.307. The summed E-state index contributed by atoms with van der Waals surface area (Å²) in [6.07, 6.45) is 1.35. The zero-order chi connectivity index (χ0) is 11.4. The van der Waals surface area contributed by atoms with E-state index >= 15 is 0 Å². The van der Waals surface area contributed by atoms with Gasteiger partial charge in [-0.05, 0) is 24.3 Å². The molecule has 0 fully saturated rings. The molecule has 5 heteroatoms. The predicted molar refractivity (Wildman–Crippen MR) is 57.5 cm³/mol. The average Bonchev–Trinajstić information content (AvgIpc) is 2.83. The Morgan fingerprint density at radius 1 is 1.31 bits per heavy atom. The minimum Gasteiger partial charge on any atom is -0.497 e. The standard InChI is InChI=1S/C11H10N2O3/c1-15-9-4-2-8(3-5-9)12-11(14)10-6-7-16-13-10/h2-7H,1H3,(H,12,14). The van der Waals surface area contributed by atoms with Crippen LogP contribution in [0, 0.1) is 0 Å². The first-order chi connectivity index (χ1) is 7.79. The van der Waals surface area contributed by atoms with Crippen LogP contribution in [0.4, 0.5) is 5.69 Å². The van der Waals surface area contributed by atoms with Crippen LogP contribution < -0.4 is 10.1 Å². The molecule has 0 unspecified atom stereocenters. The topological polar surface area (TPSA) is 64.4 Å². The zero-order valence-corrected chi connectivity index (χ0v) is 8.64. The maximum Gasteiger partial charge on any atom is 0.277 e. The summed E-state index contributed by atoms with van der Waals surface area (Å²) < 4.78 is 9.59. The zero-order valence-electron chi connectivity index (χ0n) is 8.64. The van der Waals surface area contributed by atoms with Crippen molar-refractivity contribution >= 4 is 11.6 Å². The average molecular weight is 218 g/mol. The highest BCUT2D eigenvalue weighted by molar-refractivity contribution is 6.02. The van der Waals surface area contributed by atoms with Crippen LogP contribution in [0.25, 0.3) is 0 Å². The van der Waals surface area contributed by atoms with Gasteiger partial charge in [-0.25, -0.2) is 0 Å². The van der Waals surface area contributed by atoms with E-state index in [1.807, 2.05) is 0 Å². The Morgan fingerprint density at radius 3 is 2.62 bits per heavy atom. The first kappa shape index (κ1) is 10.2. The summed E-state index contributed by atoms with van der Waals surface area (Å²) in [5, 5.41) is 6.21. The number of aromatic nitrogens is 1. The second kappa shape index (κ2) is 4.48. The van der Waals surface area contributed by atoms with E-state index in [4.69, 9.17) is 4.74 Å². The summed E-state index contributed by atoms with van der Waals surface area (Å²) in [4.78, 5) is 11.6. The molecular formula is C11H10N2O3. The number of anilines is 1. The molecule has 0 radical (unpaired) electrons. The van der Waals surface area contributed by atoms with Crippen LogP contribution in [0.15, 0.2) is 41.1 Å². The number of nitrogens with one attached hydrogen (secondary N) is 1. The molecule has 1 N–H and O–H groups in total. The Kier molecular flexibility index (Phi) is 2.86. The van der Waals surface area contributed by atoms with Crippen molar-refractivity contribution in [1.29, 1.82) is 0 Å². The van der Waals surface area contributed by atoms with E-state index in [-0.39, 0.29) is 11.6 Å². The first-order valence-corrected chi connectivity index (χ1v) is 4.65. The second-order valence-electron chi connectivity index (χ2n) is 3.07. The third-order valence-electron chi connectivity index (χ3n) is 2.02. The summed E-state index contributed by atoms with van der Waals surface area (Å²) >= 11 is 0. The Balaban J connectivity index is 2.06. The number of rotatable bonds is 3. The largest absolute Gasteiger partial charge is 0.497 e. The fourth-order valence-electron chi connectivity index (χ4n) is 1.20. The van der Waals surface area contributed by atoms with E-state index in [9.17, 15) is 4.79 Å². The van der Waals surface area contributed by atoms with Gasteiger partial charge in [0.1, 0.15) is 12.0 Å². The third kappa shape index (κ3) is 2.20. The van der Waals surface area contributed by atoms with Gasteiger partial charge in [0.15, 0.2) is 5.69 Å². The number of hydrogen-bond donors (Lipinski definition) is 1. The lowest BCUT2D eigenvalue weighted by Crippen LogP contribution is -2.11. The normalized spacial score (nSPS) is 9.81. The van der Waals surface area contributed by atoms with E-state index in [2.05, 4.69) is 15.0 Å². The van der Waals surface area contributed by atoms with Crippen LogP contribution in [0.3, 0.4) is 0 Å². The molecule has 0 saturated carbocycles. The molecule has 16 heavy (non-hydrogen) atoms. The van der Waals surface area contributed by atoms with Crippen LogP contribution in [-0.2, 0) is 0 Å². The first-order valence-electron chi connectivity index (χ1n) is 4.65. The van der Waals surface area contributed by atoms with E-state index in [1.165, 1.54) is 12.3 Å². The van der Waals surface area contributed by atoms with Crippen molar-refractivity contribution < 1.29 is 14.1 Å². The van der Waals surface area contributed by atoms with Crippen LogP contribution in [0.1, 0.15) is 10.5 Å². The highest BCUT2D eigenvalue weighted by Gasteiger charge is 2.08. The van der Waals surface area contributed by atoms with Gasteiger partial charge in [-0.1, -0.05) is 5.16 Å². The highest BCUT2D eigenvalue weighted by Crippen LogP contribution is 2.15. The lowest BCUT2D eigenvalue weighted by Gasteiger charge is -2.03. The summed E-state index contributed by atoms with van der Waals surface area (Å²) in [6, 6.07) is 8.52.